The van der Waals surface area contributed by atoms with Crippen LogP contribution in [-0.2, 0) is 9.53 Å². The number of para-hydroxylation sites is 1. The molecule has 4 nitrogen and oxygen atoms in total. The largest absolute Gasteiger partial charge is 0.465 e. The lowest BCUT2D eigenvalue weighted by Gasteiger charge is -1.94. The number of thiazole rings is 1. The number of fused-ring (bicyclic) bond motifs is 1. The highest BCUT2D eigenvalue weighted by molar-refractivity contribution is 8.03. The number of hydrogen-bond acceptors (Lipinski definition) is 6. The Kier molecular flexibility index (Phi) is 3.97. The van der Waals surface area contributed by atoms with E-state index in [-0.39, 0.29) is 5.57 Å². The minimum atomic E-state index is -0.633. The van der Waals surface area contributed by atoms with Crippen molar-refractivity contribution in [2.75, 3.05) is 7.11 Å². The van der Waals surface area contributed by atoms with Gasteiger partial charge in [0.15, 0.2) is 4.34 Å². The second kappa shape index (κ2) is 5.67. The maximum absolute atomic E-state index is 11.2. The Hall–Kier alpha value is -1.84. The monoisotopic (exact) mass is 276 g/mol. The Morgan fingerprint density at radius 3 is 3.00 bits per heavy atom. The van der Waals surface area contributed by atoms with Crippen molar-refractivity contribution in [3.63, 3.8) is 0 Å². The van der Waals surface area contributed by atoms with Crippen LogP contribution in [0.4, 0.5) is 0 Å². The molecule has 90 valence electrons. The first kappa shape index (κ1) is 12.6. The molecule has 0 amide bonds. The number of thioether (sulfide) groups is 1. The van der Waals surface area contributed by atoms with Crippen molar-refractivity contribution in [2.24, 2.45) is 0 Å². The maximum Gasteiger partial charge on any atom is 0.349 e. The Morgan fingerprint density at radius 1 is 1.56 bits per heavy atom. The third-order valence-corrected chi connectivity index (χ3v) is 4.09. The molecule has 6 heteroatoms. The summed E-state index contributed by atoms with van der Waals surface area (Å²) in [6, 6.07) is 9.56. The number of rotatable bonds is 3. The van der Waals surface area contributed by atoms with Gasteiger partial charge in [-0.05, 0) is 12.1 Å². The number of nitriles is 1. The van der Waals surface area contributed by atoms with E-state index in [0.29, 0.717) is 0 Å². The number of carbonyl (C=O) groups excluding carboxylic acids is 1. The highest BCUT2D eigenvalue weighted by Crippen LogP contribution is 2.30. The third kappa shape index (κ3) is 2.70. The Bertz CT molecular complexity index is 622. The molecule has 0 saturated carbocycles. The number of aromatic nitrogens is 1. The quantitative estimate of drug-likeness (QED) is 0.373. The number of carbonyl (C=O) groups is 1. The number of methoxy groups -OCH3 is 1. The molecule has 0 aliphatic rings. The molecule has 18 heavy (non-hydrogen) atoms. The van der Waals surface area contributed by atoms with E-state index >= 15 is 0 Å². The molecule has 0 bridgehead atoms. The van der Waals surface area contributed by atoms with Gasteiger partial charge in [0, 0.05) is 5.41 Å². The molecule has 0 saturated heterocycles. The van der Waals surface area contributed by atoms with Crippen LogP contribution in [0.3, 0.4) is 0 Å². The molecular weight excluding hydrogens is 268 g/mol. The standard InChI is InChI=1S/C12H8N2O2S2/c1-16-11(15)8(6-13)7-17-12-14-9-4-2-3-5-10(9)18-12/h2-5,7H,1H3. The van der Waals surface area contributed by atoms with Crippen LogP contribution in [0.25, 0.3) is 10.2 Å². The fraction of sp³-hybridized carbons (Fsp3) is 0.0833. The van der Waals surface area contributed by atoms with Gasteiger partial charge in [-0.25, -0.2) is 9.78 Å². The van der Waals surface area contributed by atoms with E-state index < -0.39 is 5.97 Å². The zero-order chi connectivity index (χ0) is 13.0. The van der Waals surface area contributed by atoms with Crippen LogP contribution in [0.1, 0.15) is 0 Å². The maximum atomic E-state index is 11.2. The third-order valence-electron chi connectivity index (χ3n) is 2.08. The van der Waals surface area contributed by atoms with Crippen LogP contribution >= 0.6 is 23.1 Å². The van der Waals surface area contributed by atoms with Gasteiger partial charge in [-0.3, -0.25) is 0 Å². The second-order valence-electron chi connectivity index (χ2n) is 3.20. The molecule has 1 aromatic heterocycles. The number of esters is 1. The first-order valence-electron chi connectivity index (χ1n) is 4.95. The summed E-state index contributed by atoms with van der Waals surface area (Å²) in [5, 5.41) is 10.3. The molecule has 0 atom stereocenters. The topological polar surface area (TPSA) is 63.0 Å². The Labute approximate surface area is 112 Å². The van der Waals surface area contributed by atoms with Gasteiger partial charge in [0.25, 0.3) is 0 Å². The summed E-state index contributed by atoms with van der Waals surface area (Å²) in [5.74, 6) is -0.633. The molecule has 0 spiro atoms. The molecule has 0 aliphatic carbocycles. The number of benzene rings is 1. The van der Waals surface area contributed by atoms with Crippen LogP contribution in [-0.4, -0.2) is 18.1 Å². The highest BCUT2D eigenvalue weighted by atomic mass is 32.2. The first-order chi connectivity index (χ1) is 8.74. The van der Waals surface area contributed by atoms with E-state index in [4.69, 9.17) is 5.26 Å². The summed E-state index contributed by atoms with van der Waals surface area (Å²) in [6.45, 7) is 0. The molecule has 0 radical (unpaired) electrons. The first-order valence-corrected chi connectivity index (χ1v) is 6.65. The van der Waals surface area contributed by atoms with Gasteiger partial charge in [0.05, 0.1) is 17.3 Å². The van der Waals surface area contributed by atoms with Gasteiger partial charge in [0.1, 0.15) is 11.6 Å². The van der Waals surface area contributed by atoms with Crippen LogP contribution in [0.2, 0.25) is 0 Å². The fourth-order valence-corrected chi connectivity index (χ4v) is 3.06. The summed E-state index contributed by atoms with van der Waals surface area (Å²) in [4.78, 5) is 15.6. The normalized spacial score (nSPS) is 11.2. The lowest BCUT2D eigenvalue weighted by molar-refractivity contribution is -0.135. The summed E-state index contributed by atoms with van der Waals surface area (Å²) in [6.07, 6.45) is 0. The molecule has 2 rings (SSSR count). The Morgan fingerprint density at radius 2 is 2.33 bits per heavy atom. The van der Waals surface area contributed by atoms with Crippen LogP contribution in [0, 0.1) is 11.3 Å². The Balaban J connectivity index is 2.21. The minimum absolute atomic E-state index is 0.0262. The van der Waals surface area contributed by atoms with Gasteiger partial charge >= 0.3 is 5.97 Å². The van der Waals surface area contributed by atoms with Crippen molar-refractivity contribution in [1.82, 2.24) is 4.98 Å². The highest BCUT2D eigenvalue weighted by Gasteiger charge is 2.09. The minimum Gasteiger partial charge on any atom is -0.465 e. The molecule has 0 N–H and O–H groups in total. The summed E-state index contributed by atoms with van der Waals surface area (Å²) >= 11 is 2.76. The predicted molar refractivity (Wildman–Crippen MR) is 71.2 cm³/mol. The molecule has 0 unspecified atom stereocenters. The predicted octanol–water partition coefficient (Wildman–Crippen LogP) is 2.97. The van der Waals surface area contributed by atoms with E-state index in [1.54, 1.807) is 6.07 Å². The van der Waals surface area contributed by atoms with E-state index in [0.717, 1.165) is 14.6 Å². The summed E-state index contributed by atoms with van der Waals surface area (Å²) in [7, 11) is 1.25. The van der Waals surface area contributed by atoms with Gasteiger partial charge in [0.2, 0.25) is 0 Å². The van der Waals surface area contributed by atoms with Crippen molar-refractivity contribution in [3.05, 3.63) is 35.2 Å². The van der Waals surface area contributed by atoms with Crippen LogP contribution < -0.4 is 0 Å². The van der Waals surface area contributed by atoms with Gasteiger partial charge in [-0.15, -0.1) is 11.3 Å². The van der Waals surface area contributed by atoms with E-state index in [9.17, 15) is 4.79 Å². The smallest absolute Gasteiger partial charge is 0.349 e. The summed E-state index contributed by atoms with van der Waals surface area (Å²) < 4.78 is 6.35. The van der Waals surface area contributed by atoms with Crippen molar-refractivity contribution >= 4 is 39.3 Å². The van der Waals surface area contributed by atoms with E-state index in [2.05, 4.69) is 9.72 Å². The summed E-state index contributed by atoms with van der Waals surface area (Å²) in [5.41, 5.74) is 0.886. The fourth-order valence-electron chi connectivity index (χ4n) is 1.24. The van der Waals surface area contributed by atoms with Gasteiger partial charge < -0.3 is 4.74 Å². The van der Waals surface area contributed by atoms with Gasteiger partial charge in [-0.1, -0.05) is 23.9 Å². The van der Waals surface area contributed by atoms with Crippen molar-refractivity contribution in [3.8, 4) is 6.07 Å². The average molecular weight is 276 g/mol. The molecule has 0 aliphatic heterocycles. The number of nitrogens with zero attached hydrogens (tertiary/aromatic N) is 2. The molecule has 0 fully saturated rings. The van der Waals surface area contributed by atoms with Crippen LogP contribution in [0.5, 0.6) is 0 Å². The number of hydrogen-bond donors (Lipinski definition) is 0. The van der Waals surface area contributed by atoms with Crippen molar-refractivity contribution in [1.29, 1.82) is 5.26 Å². The zero-order valence-electron chi connectivity index (χ0n) is 9.41. The van der Waals surface area contributed by atoms with Gasteiger partial charge in [-0.2, -0.15) is 5.26 Å². The lowest BCUT2D eigenvalue weighted by Crippen LogP contribution is -2.01. The molecule has 2 aromatic rings. The average Bonchev–Trinajstić information content (AvgIpc) is 2.81. The second-order valence-corrected chi connectivity index (χ2v) is 5.35. The SMILES string of the molecule is COC(=O)C(C#N)=CSc1nc2ccccc2s1. The van der Waals surface area contributed by atoms with E-state index in [1.807, 2.05) is 24.3 Å². The van der Waals surface area contributed by atoms with Crippen molar-refractivity contribution < 1.29 is 9.53 Å². The molecule has 1 aromatic carbocycles. The molecule has 1 heterocycles. The zero-order valence-corrected chi connectivity index (χ0v) is 11.0. The molecular formula is C12H8N2O2S2. The lowest BCUT2D eigenvalue weighted by atomic mass is 10.3. The van der Waals surface area contributed by atoms with E-state index in [1.165, 1.54) is 35.6 Å². The van der Waals surface area contributed by atoms with Crippen LogP contribution in [0.15, 0.2) is 39.6 Å². The number of ether oxygens (including phenoxy) is 1. The van der Waals surface area contributed by atoms with Crippen molar-refractivity contribution in [2.45, 2.75) is 4.34 Å².